The second-order valence-electron chi connectivity index (χ2n) is 7.53. The minimum atomic E-state index is -0.837. The first-order valence-corrected chi connectivity index (χ1v) is 10.2. The van der Waals surface area contributed by atoms with Crippen LogP contribution in [0.5, 0.6) is 0 Å². The molecule has 2 aromatic heterocycles. The van der Waals surface area contributed by atoms with Crippen molar-refractivity contribution in [2.45, 2.75) is 38.8 Å². The van der Waals surface area contributed by atoms with Crippen molar-refractivity contribution in [3.8, 4) is 10.6 Å². The van der Waals surface area contributed by atoms with Crippen molar-refractivity contribution >= 4 is 28.5 Å². The number of benzene rings is 1. The molecule has 0 saturated carbocycles. The maximum absolute atomic E-state index is 12.9. The predicted molar refractivity (Wildman–Crippen MR) is 115 cm³/mol. The van der Waals surface area contributed by atoms with E-state index in [1.165, 1.54) is 11.3 Å². The fourth-order valence-electron chi connectivity index (χ4n) is 2.59. The summed E-state index contributed by atoms with van der Waals surface area (Å²) in [4.78, 5) is 29.1. The topological polar surface area (TPSA) is 106 Å². The molecule has 0 saturated heterocycles. The lowest BCUT2D eigenvalue weighted by Gasteiger charge is -2.23. The largest absolute Gasteiger partial charge is 0.444 e. The van der Waals surface area contributed by atoms with E-state index in [9.17, 15) is 9.59 Å². The molecule has 0 radical (unpaired) electrons. The second kappa shape index (κ2) is 9.45. The average Bonchev–Trinajstić information content (AvgIpc) is 3.16. The van der Waals surface area contributed by atoms with Crippen LogP contribution in [0.1, 0.15) is 26.3 Å². The smallest absolute Gasteiger partial charge is 0.408 e. The molecule has 1 atom stereocenters. The van der Waals surface area contributed by atoms with Gasteiger partial charge in [-0.15, -0.1) is 10.2 Å². The van der Waals surface area contributed by atoms with Crippen LogP contribution < -0.4 is 10.6 Å². The first kappa shape index (κ1) is 21.4. The van der Waals surface area contributed by atoms with Gasteiger partial charge in [0, 0.05) is 24.4 Å². The summed E-state index contributed by atoms with van der Waals surface area (Å²) in [6.07, 6.45) is 2.97. The van der Waals surface area contributed by atoms with Gasteiger partial charge in [-0.1, -0.05) is 41.7 Å². The van der Waals surface area contributed by atoms with Gasteiger partial charge in [-0.3, -0.25) is 15.1 Å². The summed E-state index contributed by atoms with van der Waals surface area (Å²) < 4.78 is 5.31. The number of ether oxygens (including phenoxy) is 1. The first-order chi connectivity index (χ1) is 14.3. The van der Waals surface area contributed by atoms with E-state index in [-0.39, 0.29) is 0 Å². The maximum atomic E-state index is 12.9. The van der Waals surface area contributed by atoms with E-state index in [1.54, 1.807) is 33.2 Å². The molecule has 0 aliphatic heterocycles. The van der Waals surface area contributed by atoms with Crippen molar-refractivity contribution in [3.05, 3.63) is 60.4 Å². The second-order valence-corrected chi connectivity index (χ2v) is 8.50. The Balaban J connectivity index is 1.72. The summed E-state index contributed by atoms with van der Waals surface area (Å²) in [5.41, 5.74) is 1.09. The number of hydrogen-bond donors (Lipinski definition) is 2. The lowest BCUT2D eigenvalue weighted by atomic mass is 10.1. The first-order valence-electron chi connectivity index (χ1n) is 9.38. The Labute approximate surface area is 178 Å². The highest BCUT2D eigenvalue weighted by Gasteiger charge is 2.25. The molecule has 0 aliphatic rings. The lowest BCUT2D eigenvalue weighted by Crippen LogP contribution is -2.47. The third kappa shape index (κ3) is 6.35. The normalized spacial score (nSPS) is 12.1. The summed E-state index contributed by atoms with van der Waals surface area (Å²) in [5.74, 6) is -0.401. The molecule has 1 unspecified atom stereocenters. The minimum absolute atomic E-state index is 0.307. The van der Waals surface area contributed by atoms with E-state index in [1.807, 2.05) is 42.5 Å². The molecule has 1 aromatic carbocycles. The summed E-state index contributed by atoms with van der Waals surface area (Å²) in [7, 11) is 0. The van der Waals surface area contributed by atoms with Gasteiger partial charge in [0.25, 0.3) is 0 Å². The van der Waals surface area contributed by atoms with Gasteiger partial charge in [0.1, 0.15) is 16.7 Å². The number of alkyl carbamates (subject to hydrolysis) is 1. The number of carbonyl (C=O) groups excluding carboxylic acids is 2. The average molecular weight is 426 g/mol. The van der Waals surface area contributed by atoms with Crippen molar-refractivity contribution < 1.29 is 14.3 Å². The van der Waals surface area contributed by atoms with Crippen LogP contribution in [0, 0.1) is 0 Å². The number of pyridine rings is 1. The third-order valence-corrected chi connectivity index (χ3v) is 4.76. The Morgan fingerprint density at radius 2 is 1.77 bits per heavy atom. The number of nitrogens with one attached hydrogen (secondary N) is 2. The van der Waals surface area contributed by atoms with Crippen LogP contribution in [-0.2, 0) is 16.0 Å². The van der Waals surface area contributed by atoms with E-state index in [4.69, 9.17) is 4.74 Å². The van der Waals surface area contributed by atoms with Gasteiger partial charge in [0.05, 0.1) is 0 Å². The Kier molecular flexibility index (Phi) is 6.73. The molecule has 0 aliphatic carbocycles. The van der Waals surface area contributed by atoms with E-state index in [0.29, 0.717) is 16.6 Å². The van der Waals surface area contributed by atoms with Gasteiger partial charge in [-0.25, -0.2) is 4.79 Å². The zero-order valence-electron chi connectivity index (χ0n) is 17.0. The molecule has 2 heterocycles. The highest BCUT2D eigenvalue weighted by Crippen LogP contribution is 2.25. The lowest BCUT2D eigenvalue weighted by molar-refractivity contribution is -0.118. The third-order valence-electron chi connectivity index (χ3n) is 3.87. The Morgan fingerprint density at radius 1 is 1.07 bits per heavy atom. The molecule has 9 heteroatoms. The Hall–Kier alpha value is -3.33. The molecule has 0 fully saturated rings. The minimum Gasteiger partial charge on any atom is -0.444 e. The number of hydrogen-bond acceptors (Lipinski definition) is 7. The summed E-state index contributed by atoms with van der Waals surface area (Å²) in [6.45, 7) is 5.29. The number of nitrogens with zero attached hydrogens (tertiary/aromatic N) is 3. The van der Waals surface area contributed by atoms with Gasteiger partial charge in [0.15, 0.2) is 0 Å². The molecule has 3 aromatic rings. The zero-order valence-corrected chi connectivity index (χ0v) is 17.8. The fraction of sp³-hybridized carbons (Fsp3) is 0.286. The monoisotopic (exact) mass is 425 g/mol. The number of rotatable bonds is 6. The van der Waals surface area contributed by atoms with Crippen LogP contribution in [-0.4, -0.2) is 38.8 Å². The van der Waals surface area contributed by atoms with E-state index >= 15 is 0 Å². The van der Waals surface area contributed by atoms with Crippen LogP contribution in [0.2, 0.25) is 0 Å². The quantitative estimate of drug-likeness (QED) is 0.624. The molecule has 0 bridgehead atoms. The number of anilines is 1. The molecule has 156 valence electrons. The number of amides is 2. The fourth-order valence-corrected chi connectivity index (χ4v) is 3.34. The number of carbonyl (C=O) groups is 2. The molecule has 0 spiro atoms. The van der Waals surface area contributed by atoms with Crippen LogP contribution >= 0.6 is 11.3 Å². The standard InChI is InChI=1S/C21H23N5O3S/c1-21(2,3)29-20(28)23-16(13-14-7-5-4-6-8-14)17(27)24-19-26-25-18(30-19)15-9-11-22-12-10-15/h4-12,16H,13H2,1-3H3,(H,23,28)(H,24,26,27). The number of aromatic nitrogens is 3. The Morgan fingerprint density at radius 3 is 2.43 bits per heavy atom. The summed E-state index contributed by atoms with van der Waals surface area (Å²) in [5, 5.41) is 14.5. The van der Waals surface area contributed by atoms with Gasteiger partial charge in [0.2, 0.25) is 11.0 Å². The van der Waals surface area contributed by atoms with Gasteiger partial charge in [-0.05, 0) is 38.5 Å². The van der Waals surface area contributed by atoms with Gasteiger partial charge in [-0.2, -0.15) is 0 Å². The van der Waals surface area contributed by atoms with Crippen LogP contribution in [0.4, 0.5) is 9.93 Å². The maximum Gasteiger partial charge on any atom is 0.408 e. The highest BCUT2D eigenvalue weighted by molar-refractivity contribution is 7.18. The SMILES string of the molecule is CC(C)(C)OC(=O)NC(Cc1ccccc1)C(=O)Nc1nnc(-c2ccncc2)s1. The highest BCUT2D eigenvalue weighted by atomic mass is 32.1. The van der Waals surface area contributed by atoms with E-state index < -0.39 is 23.6 Å². The van der Waals surface area contributed by atoms with Crippen molar-refractivity contribution in [3.63, 3.8) is 0 Å². The molecule has 30 heavy (non-hydrogen) atoms. The van der Waals surface area contributed by atoms with Gasteiger partial charge >= 0.3 is 6.09 Å². The zero-order chi connectivity index (χ0) is 21.6. The molecule has 3 rings (SSSR count). The van der Waals surface area contributed by atoms with Crippen LogP contribution in [0.25, 0.3) is 10.6 Å². The predicted octanol–water partition coefficient (Wildman–Crippen LogP) is 3.67. The van der Waals surface area contributed by atoms with E-state index in [0.717, 1.165) is 11.1 Å². The van der Waals surface area contributed by atoms with Crippen LogP contribution in [0.3, 0.4) is 0 Å². The Bertz CT molecular complexity index is 987. The van der Waals surface area contributed by atoms with Gasteiger partial charge < -0.3 is 10.1 Å². The van der Waals surface area contributed by atoms with Crippen molar-refractivity contribution in [1.29, 1.82) is 0 Å². The van der Waals surface area contributed by atoms with E-state index in [2.05, 4.69) is 25.8 Å². The molecular weight excluding hydrogens is 402 g/mol. The van der Waals surface area contributed by atoms with Crippen LogP contribution in [0.15, 0.2) is 54.9 Å². The molecule has 8 nitrogen and oxygen atoms in total. The van der Waals surface area contributed by atoms with Crippen molar-refractivity contribution in [1.82, 2.24) is 20.5 Å². The molecular formula is C21H23N5O3S. The summed E-state index contributed by atoms with van der Waals surface area (Å²) >= 11 is 1.24. The summed E-state index contributed by atoms with van der Waals surface area (Å²) in [6, 6.07) is 12.2. The van der Waals surface area contributed by atoms with Crippen molar-refractivity contribution in [2.24, 2.45) is 0 Å². The molecule has 2 N–H and O–H groups in total. The van der Waals surface area contributed by atoms with Crippen molar-refractivity contribution in [2.75, 3.05) is 5.32 Å². The molecule has 2 amide bonds.